The predicted molar refractivity (Wildman–Crippen MR) is 102 cm³/mol. The van der Waals surface area contributed by atoms with Crippen LogP contribution in [0.1, 0.15) is 53.5 Å². The van der Waals surface area contributed by atoms with Crippen molar-refractivity contribution < 1.29 is 23.9 Å². The molecule has 2 amide bonds. The van der Waals surface area contributed by atoms with Crippen LogP contribution in [0.25, 0.3) is 0 Å². The fraction of sp³-hybridized carbons (Fsp3) is 0.579. The van der Waals surface area contributed by atoms with E-state index in [0.29, 0.717) is 23.4 Å². The molecule has 28 heavy (non-hydrogen) atoms. The minimum atomic E-state index is -0.642. The highest BCUT2D eigenvalue weighted by Gasteiger charge is 2.53. The largest absolute Gasteiger partial charge is 0.456 e. The Labute approximate surface area is 166 Å². The molecule has 1 aromatic rings. The van der Waals surface area contributed by atoms with Gasteiger partial charge in [-0.1, -0.05) is 0 Å². The number of ether oxygens (including phenoxy) is 1. The van der Waals surface area contributed by atoms with Crippen molar-refractivity contribution in [1.82, 2.24) is 14.8 Å². The molecule has 0 aliphatic carbocycles. The molecule has 0 saturated carbocycles. The Hall–Kier alpha value is -2.29. The minimum Gasteiger partial charge on any atom is -0.456 e. The second-order valence-corrected chi connectivity index (χ2v) is 9.10. The molecule has 3 aliphatic rings. The van der Waals surface area contributed by atoms with E-state index in [0.717, 1.165) is 32.4 Å². The van der Waals surface area contributed by atoms with E-state index in [1.807, 2.05) is 6.92 Å². The van der Waals surface area contributed by atoms with Crippen molar-refractivity contribution in [1.29, 1.82) is 0 Å². The average molecular weight is 405 g/mol. The number of hydrogen-bond acceptors (Lipinski definition) is 6. The number of carbonyl (C=O) groups excluding carboxylic acids is 4. The number of aromatic nitrogens is 1. The molecule has 1 N–H and O–H groups in total. The van der Waals surface area contributed by atoms with Gasteiger partial charge in [0.05, 0.1) is 4.87 Å². The SMILES string of the molecule is C[C@]12CCC(=O)N1[C@@H](C(=O)OCC(=O)c1c[nH]c(C(=O)N3CCCC3)c1)CS2. The van der Waals surface area contributed by atoms with Crippen molar-refractivity contribution in [3.8, 4) is 0 Å². The van der Waals surface area contributed by atoms with Gasteiger partial charge in [0.25, 0.3) is 5.91 Å². The summed E-state index contributed by atoms with van der Waals surface area (Å²) in [5.41, 5.74) is 0.667. The maximum absolute atomic E-state index is 12.4. The number of nitrogens with zero attached hydrogens (tertiary/aromatic N) is 2. The first-order valence-electron chi connectivity index (χ1n) is 9.53. The van der Waals surface area contributed by atoms with E-state index in [2.05, 4.69) is 4.98 Å². The van der Waals surface area contributed by atoms with Gasteiger partial charge in [-0.25, -0.2) is 4.79 Å². The van der Waals surface area contributed by atoms with Gasteiger partial charge < -0.3 is 19.5 Å². The van der Waals surface area contributed by atoms with Crippen LogP contribution in [0.15, 0.2) is 12.3 Å². The molecule has 3 fully saturated rings. The number of Topliss-reactive ketones (excluding diaryl/α,β-unsaturated/α-hetero) is 1. The first-order valence-corrected chi connectivity index (χ1v) is 10.5. The second-order valence-electron chi connectivity index (χ2n) is 7.60. The molecule has 0 aromatic carbocycles. The fourth-order valence-electron chi connectivity index (χ4n) is 4.08. The number of fused-ring (bicyclic) bond motifs is 1. The lowest BCUT2D eigenvalue weighted by atomic mass is 10.2. The van der Waals surface area contributed by atoms with Crippen molar-refractivity contribution in [2.24, 2.45) is 0 Å². The summed E-state index contributed by atoms with van der Waals surface area (Å²) in [5.74, 6) is -0.622. The zero-order valence-corrected chi connectivity index (χ0v) is 16.5. The number of aromatic amines is 1. The van der Waals surface area contributed by atoms with Crippen LogP contribution in [0.4, 0.5) is 0 Å². The van der Waals surface area contributed by atoms with E-state index >= 15 is 0 Å². The smallest absolute Gasteiger partial charge is 0.330 e. The highest BCUT2D eigenvalue weighted by Crippen LogP contribution is 2.47. The van der Waals surface area contributed by atoms with Crippen LogP contribution in [0.2, 0.25) is 0 Å². The molecule has 0 radical (unpaired) electrons. The van der Waals surface area contributed by atoms with Crippen molar-refractivity contribution in [2.75, 3.05) is 25.4 Å². The van der Waals surface area contributed by atoms with E-state index < -0.39 is 18.6 Å². The molecule has 4 heterocycles. The number of rotatable bonds is 5. The Morgan fingerprint density at radius 1 is 1.32 bits per heavy atom. The molecular formula is C19H23N3O5S. The van der Waals surface area contributed by atoms with Gasteiger partial charge in [0.2, 0.25) is 11.7 Å². The zero-order valence-electron chi connectivity index (χ0n) is 15.7. The Bertz CT molecular complexity index is 831. The van der Waals surface area contributed by atoms with E-state index in [4.69, 9.17) is 4.74 Å². The van der Waals surface area contributed by atoms with Gasteiger partial charge in [0, 0.05) is 37.0 Å². The van der Waals surface area contributed by atoms with Gasteiger partial charge in [-0.2, -0.15) is 0 Å². The molecule has 8 nitrogen and oxygen atoms in total. The van der Waals surface area contributed by atoms with Gasteiger partial charge in [0.1, 0.15) is 11.7 Å². The number of esters is 1. The van der Waals surface area contributed by atoms with Crippen LogP contribution in [0, 0.1) is 0 Å². The topological polar surface area (TPSA) is 99.8 Å². The molecule has 4 rings (SSSR count). The maximum Gasteiger partial charge on any atom is 0.330 e. The lowest BCUT2D eigenvalue weighted by Gasteiger charge is -2.29. The molecule has 1 aromatic heterocycles. The highest BCUT2D eigenvalue weighted by atomic mass is 32.2. The van der Waals surface area contributed by atoms with E-state index in [1.165, 1.54) is 12.3 Å². The quantitative estimate of drug-likeness (QED) is 0.588. The van der Waals surface area contributed by atoms with E-state index in [-0.39, 0.29) is 22.5 Å². The molecule has 150 valence electrons. The summed E-state index contributed by atoms with van der Waals surface area (Å²) in [6.07, 6.45) is 4.60. The Morgan fingerprint density at radius 3 is 2.82 bits per heavy atom. The van der Waals surface area contributed by atoms with Crippen molar-refractivity contribution in [2.45, 2.75) is 43.5 Å². The molecule has 2 atom stereocenters. The number of amides is 2. The summed E-state index contributed by atoms with van der Waals surface area (Å²) >= 11 is 1.58. The average Bonchev–Trinajstić information content (AvgIpc) is 3.45. The van der Waals surface area contributed by atoms with Crippen molar-refractivity contribution in [3.05, 3.63) is 23.5 Å². The molecule has 0 spiro atoms. The highest BCUT2D eigenvalue weighted by molar-refractivity contribution is 8.01. The molecule has 0 unspecified atom stereocenters. The maximum atomic E-state index is 12.4. The second kappa shape index (κ2) is 7.27. The summed E-state index contributed by atoms with van der Waals surface area (Å²) in [7, 11) is 0. The van der Waals surface area contributed by atoms with Crippen LogP contribution in [0.3, 0.4) is 0 Å². The number of nitrogens with one attached hydrogen (secondary N) is 1. The summed E-state index contributed by atoms with van der Waals surface area (Å²) in [5, 5.41) is 0. The summed E-state index contributed by atoms with van der Waals surface area (Å²) < 4.78 is 5.21. The summed E-state index contributed by atoms with van der Waals surface area (Å²) in [4.78, 5) is 55.1. The Balaban J connectivity index is 1.34. The van der Waals surface area contributed by atoms with Gasteiger partial charge >= 0.3 is 5.97 Å². The fourth-order valence-corrected chi connectivity index (χ4v) is 5.50. The number of thioether (sulfide) groups is 1. The molecule has 3 saturated heterocycles. The van der Waals surface area contributed by atoms with Crippen LogP contribution in [-0.2, 0) is 14.3 Å². The summed E-state index contributed by atoms with van der Waals surface area (Å²) in [6, 6.07) is 0.861. The van der Waals surface area contributed by atoms with E-state index in [1.54, 1.807) is 21.6 Å². The Morgan fingerprint density at radius 2 is 2.07 bits per heavy atom. The zero-order chi connectivity index (χ0) is 19.9. The van der Waals surface area contributed by atoms with E-state index in [9.17, 15) is 19.2 Å². The number of carbonyl (C=O) groups is 4. The minimum absolute atomic E-state index is 0.0449. The van der Waals surface area contributed by atoms with Crippen molar-refractivity contribution in [3.63, 3.8) is 0 Å². The van der Waals surface area contributed by atoms with Crippen molar-refractivity contribution >= 4 is 35.3 Å². The third kappa shape index (κ3) is 3.32. The first-order chi connectivity index (χ1) is 13.4. The number of ketones is 1. The number of hydrogen-bond donors (Lipinski definition) is 1. The predicted octanol–water partition coefficient (Wildman–Crippen LogP) is 1.43. The lowest BCUT2D eigenvalue weighted by molar-refractivity contribution is -0.152. The molecule has 3 aliphatic heterocycles. The monoisotopic (exact) mass is 405 g/mol. The van der Waals surface area contributed by atoms with Gasteiger partial charge in [0.15, 0.2) is 6.61 Å². The lowest BCUT2D eigenvalue weighted by Crippen LogP contribution is -2.46. The third-order valence-corrected chi connectivity index (χ3v) is 7.20. The normalized spacial score (nSPS) is 26.6. The molecular weight excluding hydrogens is 382 g/mol. The Kier molecular flexibility index (Phi) is 4.95. The van der Waals surface area contributed by atoms with Gasteiger partial charge in [-0.15, -0.1) is 11.8 Å². The standard InChI is InChI=1S/C19H23N3O5S/c1-19-5-4-16(24)22(19)14(11-28-19)18(26)27-10-15(23)12-8-13(20-9-12)17(25)21-6-2-3-7-21/h8-9,14,20H,2-7,10-11H2,1H3/t14-,19+/m1/s1. The first kappa shape index (κ1) is 19.0. The van der Waals surface area contributed by atoms with Crippen LogP contribution >= 0.6 is 11.8 Å². The van der Waals surface area contributed by atoms with Crippen LogP contribution in [0.5, 0.6) is 0 Å². The van der Waals surface area contributed by atoms with Crippen LogP contribution < -0.4 is 0 Å². The van der Waals surface area contributed by atoms with Gasteiger partial charge in [-0.05, 0) is 32.3 Å². The third-order valence-electron chi connectivity index (χ3n) is 5.69. The van der Waals surface area contributed by atoms with Gasteiger partial charge in [-0.3, -0.25) is 14.4 Å². The van der Waals surface area contributed by atoms with Crippen LogP contribution in [-0.4, -0.2) is 74.7 Å². The molecule has 9 heteroatoms. The summed E-state index contributed by atoms with van der Waals surface area (Å²) in [6.45, 7) is 3.01. The number of likely N-dealkylation sites (tertiary alicyclic amines) is 1. The molecule has 0 bridgehead atoms. The number of H-pyrrole nitrogens is 1.